The molecule has 0 saturated heterocycles. The van der Waals surface area contributed by atoms with Crippen LogP contribution in [0.25, 0.3) is 22.2 Å². The van der Waals surface area contributed by atoms with E-state index in [4.69, 9.17) is 4.74 Å². The number of hydrogen-bond acceptors (Lipinski definition) is 8. The maximum Gasteiger partial charge on any atom is 0.344 e. The molecule has 0 aliphatic carbocycles. The first-order chi connectivity index (χ1) is 12.4. The normalized spacial score (nSPS) is 11.3. The number of carbonyl (C=O) groups excluding carboxylic acids is 1. The van der Waals surface area contributed by atoms with Crippen molar-refractivity contribution >= 4 is 40.5 Å². The smallest absolute Gasteiger partial charge is 0.344 e. The predicted octanol–water partition coefficient (Wildman–Crippen LogP) is 0.970. The van der Waals surface area contributed by atoms with Crippen molar-refractivity contribution in [2.45, 2.75) is 6.92 Å². The number of ether oxygens (including phenoxy) is 1. The molecule has 26 heavy (non-hydrogen) atoms. The molecule has 0 spiro atoms. The summed E-state index contributed by atoms with van der Waals surface area (Å²) >= 11 is 0. The van der Waals surface area contributed by atoms with Gasteiger partial charge >= 0.3 is 5.97 Å². The molecule has 3 rings (SSSR count). The van der Waals surface area contributed by atoms with Crippen molar-refractivity contribution in [3.63, 3.8) is 0 Å². The molecule has 0 fully saturated rings. The number of aromatic nitrogens is 4. The minimum Gasteiger partial charge on any atom is -0.507 e. The summed E-state index contributed by atoms with van der Waals surface area (Å²) in [6.45, 7) is 1.79. The van der Waals surface area contributed by atoms with Crippen molar-refractivity contribution in [1.29, 1.82) is 0 Å². The number of carbonyl (C=O) groups is 1. The van der Waals surface area contributed by atoms with Crippen LogP contribution in [0.1, 0.15) is 17.3 Å². The highest BCUT2D eigenvalue weighted by Gasteiger charge is 2.20. The number of aliphatic imine (C=N–C) groups is 1. The lowest BCUT2D eigenvalue weighted by atomic mass is 10.1. The number of H-pyrrole nitrogens is 1. The van der Waals surface area contributed by atoms with Gasteiger partial charge in [0.2, 0.25) is 5.95 Å². The van der Waals surface area contributed by atoms with Crippen molar-refractivity contribution in [3.05, 3.63) is 28.0 Å². The quantitative estimate of drug-likeness (QED) is 0.306. The van der Waals surface area contributed by atoms with Gasteiger partial charge in [0.25, 0.3) is 5.56 Å². The van der Waals surface area contributed by atoms with E-state index in [-0.39, 0.29) is 46.1 Å². The van der Waals surface area contributed by atoms with Crippen LogP contribution in [0.2, 0.25) is 0 Å². The molecule has 10 heteroatoms. The second kappa shape index (κ2) is 6.75. The van der Waals surface area contributed by atoms with Gasteiger partial charge in [-0.2, -0.15) is 4.98 Å². The number of aromatic amines is 1. The number of hydrogen-bond donors (Lipinski definition) is 2. The molecule has 0 radical (unpaired) electrons. The highest BCUT2D eigenvalue weighted by atomic mass is 16.5. The molecule has 2 N–H and O–H groups in total. The van der Waals surface area contributed by atoms with E-state index in [9.17, 15) is 14.7 Å². The number of fused-ring (bicyclic) bond motifs is 2. The predicted molar refractivity (Wildman–Crippen MR) is 94.9 cm³/mol. The molecular formula is C16H16N6O4. The average molecular weight is 356 g/mol. The molecule has 0 saturated carbocycles. The highest BCUT2D eigenvalue weighted by molar-refractivity contribution is 6.05. The van der Waals surface area contributed by atoms with Crippen LogP contribution in [0.3, 0.4) is 0 Å². The Morgan fingerprint density at radius 1 is 1.31 bits per heavy atom. The largest absolute Gasteiger partial charge is 0.507 e. The fourth-order valence-corrected chi connectivity index (χ4v) is 2.26. The van der Waals surface area contributed by atoms with Crippen molar-refractivity contribution in [1.82, 2.24) is 24.8 Å². The van der Waals surface area contributed by atoms with Gasteiger partial charge in [0.15, 0.2) is 11.2 Å². The minimum atomic E-state index is -0.736. The summed E-state index contributed by atoms with van der Waals surface area (Å²) in [6.07, 6.45) is 1.47. The van der Waals surface area contributed by atoms with Gasteiger partial charge in [-0.3, -0.25) is 9.78 Å². The first-order valence-corrected chi connectivity index (χ1v) is 7.72. The van der Waals surface area contributed by atoms with E-state index in [1.54, 1.807) is 25.9 Å². The Balaban J connectivity index is 2.28. The van der Waals surface area contributed by atoms with Crippen LogP contribution in [0.5, 0.6) is 5.75 Å². The van der Waals surface area contributed by atoms with Crippen molar-refractivity contribution in [3.8, 4) is 5.75 Å². The number of phenols is 1. The molecule has 0 aliphatic rings. The SMILES string of the molecule is CCOC(=O)c1c(O)ccc2nc3c(=O)[nH]c(/N=C/N(C)C)nc3nc12. The van der Waals surface area contributed by atoms with Gasteiger partial charge in [-0.05, 0) is 19.1 Å². The summed E-state index contributed by atoms with van der Waals surface area (Å²) in [5.74, 6) is -0.983. The third kappa shape index (κ3) is 3.16. The van der Waals surface area contributed by atoms with Gasteiger partial charge in [-0.25, -0.2) is 19.8 Å². The molecule has 134 valence electrons. The summed E-state index contributed by atoms with van der Waals surface area (Å²) in [5.41, 5.74) is -0.280. The second-order valence-electron chi connectivity index (χ2n) is 5.54. The lowest BCUT2D eigenvalue weighted by Crippen LogP contribution is -2.13. The van der Waals surface area contributed by atoms with E-state index in [0.29, 0.717) is 0 Å². The Kier molecular flexibility index (Phi) is 4.48. The van der Waals surface area contributed by atoms with E-state index in [2.05, 4.69) is 24.9 Å². The maximum atomic E-state index is 12.2. The van der Waals surface area contributed by atoms with Crippen LogP contribution >= 0.6 is 0 Å². The lowest BCUT2D eigenvalue weighted by molar-refractivity contribution is 0.0525. The maximum absolute atomic E-state index is 12.2. The van der Waals surface area contributed by atoms with E-state index in [1.165, 1.54) is 18.5 Å². The summed E-state index contributed by atoms with van der Waals surface area (Å²) in [7, 11) is 3.54. The van der Waals surface area contributed by atoms with Crippen LogP contribution in [-0.4, -0.2) is 63.0 Å². The van der Waals surface area contributed by atoms with Gasteiger partial charge in [0.1, 0.15) is 16.8 Å². The molecular weight excluding hydrogens is 340 g/mol. The summed E-state index contributed by atoms with van der Waals surface area (Å²) in [6, 6.07) is 2.75. The van der Waals surface area contributed by atoms with Crippen LogP contribution in [-0.2, 0) is 4.74 Å². The number of nitrogens with zero attached hydrogens (tertiary/aromatic N) is 5. The summed E-state index contributed by atoms with van der Waals surface area (Å²) in [4.78, 5) is 45.2. The van der Waals surface area contributed by atoms with Crippen LogP contribution in [0.15, 0.2) is 21.9 Å². The van der Waals surface area contributed by atoms with Crippen molar-refractivity contribution in [2.24, 2.45) is 4.99 Å². The monoisotopic (exact) mass is 356 g/mol. The van der Waals surface area contributed by atoms with E-state index >= 15 is 0 Å². The van der Waals surface area contributed by atoms with Gasteiger partial charge < -0.3 is 14.7 Å². The van der Waals surface area contributed by atoms with Crippen LogP contribution in [0.4, 0.5) is 5.95 Å². The van der Waals surface area contributed by atoms with Gasteiger partial charge in [-0.15, -0.1) is 0 Å². The molecule has 2 heterocycles. The van der Waals surface area contributed by atoms with Gasteiger partial charge in [0, 0.05) is 14.1 Å². The highest BCUT2D eigenvalue weighted by Crippen LogP contribution is 2.26. The Bertz CT molecular complexity index is 1090. The van der Waals surface area contributed by atoms with E-state index in [1.807, 2.05) is 0 Å². The number of aromatic hydroxyl groups is 1. The van der Waals surface area contributed by atoms with Crippen LogP contribution in [0, 0.1) is 0 Å². The number of phenolic OH excluding ortho intramolecular Hbond substituents is 1. The topological polar surface area (TPSA) is 134 Å². The second-order valence-corrected chi connectivity index (χ2v) is 5.54. The minimum absolute atomic E-state index is 0.00167. The Hall–Kier alpha value is -3.56. The number of rotatable bonds is 4. The molecule has 10 nitrogen and oxygen atoms in total. The third-order valence-corrected chi connectivity index (χ3v) is 3.34. The fourth-order valence-electron chi connectivity index (χ4n) is 2.26. The molecule has 0 aliphatic heterocycles. The zero-order chi connectivity index (χ0) is 18.8. The first kappa shape index (κ1) is 17.3. The van der Waals surface area contributed by atoms with E-state index < -0.39 is 11.5 Å². The zero-order valence-electron chi connectivity index (χ0n) is 14.3. The molecule has 2 aromatic heterocycles. The molecule has 0 unspecified atom stereocenters. The van der Waals surface area contributed by atoms with Gasteiger partial charge in [-0.1, -0.05) is 0 Å². The first-order valence-electron chi connectivity index (χ1n) is 7.72. The average Bonchev–Trinajstić information content (AvgIpc) is 2.58. The molecule has 3 aromatic rings. The molecule has 0 amide bonds. The van der Waals surface area contributed by atoms with Gasteiger partial charge in [0.05, 0.1) is 18.5 Å². The standard InChI is InChI=1S/C16H16N6O4/c1-4-26-15(25)10-9(23)6-5-8-11(10)19-13-12(18-8)14(24)21-16(20-13)17-7-22(2)3/h5-7,23H,4H2,1-3H3,(H,19,20,21,24)/b17-7+. The van der Waals surface area contributed by atoms with E-state index in [0.717, 1.165) is 0 Å². The lowest BCUT2D eigenvalue weighted by Gasteiger charge is -2.08. The van der Waals surface area contributed by atoms with Crippen molar-refractivity contribution < 1.29 is 14.6 Å². The number of esters is 1. The Morgan fingerprint density at radius 3 is 2.77 bits per heavy atom. The molecule has 0 atom stereocenters. The fraction of sp³-hybridized carbons (Fsp3) is 0.250. The van der Waals surface area contributed by atoms with Crippen LogP contribution < -0.4 is 5.56 Å². The third-order valence-electron chi connectivity index (χ3n) is 3.34. The number of nitrogens with one attached hydrogen (secondary N) is 1. The summed E-state index contributed by atoms with van der Waals surface area (Å²) < 4.78 is 4.96. The zero-order valence-corrected chi connectivity index (χ0v) is 14.3. The Morgan fingerprint density at radius 2 is 2.08 bits per heavy atom. The molecule has 1 aromatic carbocycles. The number of benzene rings is 1. The Labute approximate surface area is 147 Å². The summed E-state index contributed by atoms with van der Waals surface area (Å²) in [5, 5.41) is 10.0. The van der Waals surface area contributed by atoms with Crippen molar-refractivity contribution in [2.75, 3.05) is 20.7 Å². The molecule has 0 bridgehead atoms.